The number of halogens is 1. The highest BCUT2D eigenvalue weighted by Crippen LogP contribution is 2.32. The summed E-state index contributed by atoms with van der Waals surface area (Å²) >= 11 is 6.27. The van der Waals surface area contributed by atoms with E-state index in [2.05, 4.69) is 11.9 Å². The second-order valence-corrected chi connectivity index (χ2v) is 10.1. The molecule has 1 fully saturated rings. The molecule has 162 valence electrons. The molecule has 2 N–H and O–H groups in total. The summed E-state index contributed by atoms with van der Waals surface area (Å²) in [5, 5.41) is 13.2. The number of carbonyl (C=O) groups is 1. The highest BCUT2D eigenvalue weighted by Gasteiger charge is 2.37. The summed E-state index contributed by atoms with van der Waals surface area (Å²) in [5.74, 6) is -0.980. The highest BCUT2D eigenvalue weighted by atomic mass is 35.5. The normalized spacial score (nSPS) is 20.3. The molecule has 2 aromatic rings. The first-order valence-electron chi connectivity index (χ1n) is 9.17. The molecule has 1 aromatic heterocycles. The average Bonchev–Trinajstić information content (AvgIpc) is 2.89. The minimum Gasteiger partial charge on any atom is -0.488 e. The molecule has 1 saturated heterocycles. The molecule has 0 aliphatic carbocycles. The van der Waals surface area contributed by atoms with Crippen LogP contribution in [0.15, 0.2) is 33.5 Å². The van der Waals surface area contributed by atoms with Crippen LogP contribution in [-0.4, -0.2) is 49.7 Å². The maximum absolute atomic E-state index is 12.5. The molecule has 30 heavy (non-hydrogen) atoms. The standard InChI is InChI=1S/C20H22ClNO7S/c1-10(2)7-28-18-6-17-12(4-14(18)21)11(3)13(20(25)29-17)5-19(24)22-15-8-30(26,27)9-16(15)23/h4,6,15-16,23H,1,5,7-9H2,2-3H3,(H,22,24)/t15-,16+/m0/s1. The maximum atomic E-state index is 12.5. The van der Waals surface area contributed by atoms with Crippen LogP contribution in [-0.2, 0) is 21.1 Å². The van der Waals surface area contributed by atoms with Crippen LogP contribution in [0.3, 0.4) is 0 Å². The lowest BCUT2D eigenvalue weighted by Gasteiger charge is -2.15. The molecule has 1 aromatic carbocycles. The predicted octanol–water partition coefficient (Wildman–Crippen LogP) is 1.53. The van der Waals surface area contributed by atoms with Crippen LogP contribution in [0.2, 0.25) is 5.02 Å². The minimum absolute atomic E-state index is 0.127. The van der Waals surface area contributed by atoms with E-state index < -0.39 is 39.3 Å². The molecule has 1 aliphatic heterocycles. The van der Waals surface area contributed by atoms with Crippen molar-refractivity contribution in [3.05, 3.63) is 50.9 Å². The van der Waals surface area contributed by atoms with E-state index in [1.807, 2.05) is 0 Å². The predicted molar refractivity (Wildman–Crippen MR) is 113 cm³/mol. The van der Waals surface area contributed by atoms with Gasteiger partial charge in [0.05, 0.1) is 40.7 Å². The Bertz CT molecular complexity index is 1190. The fraction of sp³-hybridized carbons (Fsp3) is 0.400. The molecule has 10 heteroatoms. The first kappa shape index (κ1) is 22.3. The summed E-state index contributed by atoms with van der Waals surface area (Å²) in [6.45, 7) is 7.48. The Morgan fingerprint density at radius 2 is 2.10 bits per heavy atom. The van der Waals surface area contributed by atoms with Gasteiger partial charge in [-0.05, 0) is 31.1 Å². The molecule has 0 unspecified atom stereocenters. The summed E-state index contributed by atoms with van der Waals surface area (Å²) in [7, 11) is -3.40. The van der Waals surface area contributed by atoms with E-state index >= 15 is 0 Å². The maximum Gasteiger partial charge on any atom is 0.340 e. The SMILES string of the molecule is C=C(C)COc1cc2oc(=O)c(CC(=O)N[C@H]3CS(=O)(=O)C[C@H]3O)c(C)c2cc1Cl. The van der Waals surface area contributed by atoms with Gasteiger partial charge in [-0.3, -0.25) is 4.79 Å². The van der Waals surface area contributed by atoms with Crippen molar-refractivity contribution in [1.29, 1.82) is 0 Å². The van der Waals surface area contributed by atoms with Crippen molar-refractivity contribution in [2.24, 2.45) is 0 Å². The van der Waals surface area contributed by atoms with Gasteiger partial charge in [-0.2, -0.15) is 0 Å². The van der Waals surface area contributed by atoms with E-state index in [1.54, 1.807) is 19.9 Å². The van der Waals surface area contributed by atoms with Crippen molar-refractivity contribution < 1.29 is 27.5 Å². The Hall–Kier alpha value is -2.36. The van der Waals surface area contributed by atoms with E-state index in [-0.39, 0.29) is 29.9 Å². The lowest BCUT2D eigenvalue weighted by atomic mass is 10.0. The Balaban J connectivity index is 1.86. The van der Waals surface area contributed by atoms with Crippen LogP contribution in [0, 0.1) is 6.92 Å². The number of ether oxygens (including phenoxy) is 1. The number of fused-ring (bicyclic) bond motifs is 1. The number of hydrogen-bond acceptors (Lipinski definition) is 7. The number of carbonyl (C=O) groups excluding carboxylic acids is 1. The Morgan fingerprint density at radius 3 is 2.70 bits per heavy atom. The molecule has 2 atom stereocenters. The number of aryl methyl sites for hydroxylation is 1. The van der Waals surface area contributed by atoms with Gasteiger partial charge >= 0.3 is 5.63 Å². The number of amides is 1. The Kier molecular flexibility index (Phi) is 6.26. The molecule has 0 radical (unpaired) electrons. The number of aliphatic hydroxyl groups excluding tert-OH is 1. The van der Waals surface area contributed by atoms with E-state index in [1.165, 1.54) is 6.07 Å². The van der Waals surface area contributed by atoms with E-state index in [9.17, 15) is 23.1 Å². The zero-order chi connectivity index (χ0) is 22.2. The van der Waals surface area contributed by atoms with Gasteiger partial charge in [0.15, 0.2) is 9.84 Å². The topological polar surface area (TPSA) is 123 Å². The number of benzene rings is 1. The van der Waals surface area contributed by atoms with Crippen molar-refractivity contribution in [3.63, 3.8) is 0 Å². The summed E-state index contributed by atoms with van der Waals surface area (Å²) in [6.07, 6.45) is -1.50. The average molecular weight is 456 g/mol. The van der Waals surface area contributed by atoms with Gasteiger partial charge in [0.2, 0.25) is 5.91 Å². The molecule has 8 nitrogen and oxygen atoms in total. The molecule has 3 rings (SSSR count). The quantitative estimate of drug-likeness (QED) is 0.500. The van der Waals surface area contributed by atoms with Crippen molar-refractivity contribution in [2.75, 3.05) is 18.1 Å². The molecular weight excluding hydrogens is 434 g/mol. The third-order valence-corrected chi connectivity index (χ3v) is 6.83. The molecule has 0 saturated carbocycles. The first-order chi connectivity index (χ1) is 14.0. The van der Waals surface area contributed by atoms with Crippen LogP contribution in [0.1, 0.15) is 18.1 Å². The fourth-order valence-corrected chi connectivity index (χ4v) is 5.25. The van der Waals surface area contributed by atoms with Crippen LogP contribution < -0.4 is 15.7 Å². The van der Waals surface area contributed by atoms with Crippen molar-refractivity contribution >= 4 is 38.3 Å². The lowest BCUT2D eigenvalue weighted by molar-refractivity contribution is -0.121. The third-order valence-electron chi connectivity index (χ3n) is 4.82. The molecule has 1 aliphatic rings. The van der Waals surface area contributed by atoms with Gasteiger partial charge in [0, 0.05) is 11.5 Å². The number of sulfone groups is 1. The zero-order valence-corrected chi connectivity index (χ0v) is 18.1. The van der Waals surface area contributed by atoms with E-state index in [4.69, 9.17) is 20.8 Å². The highest BCUT2D eigenvalue weighted by molar-refractivity contribution is 7.91. The summed E-state index contributed by atoms with van der Waals surface area (Å²) in [4.78, 5) is 24.9. The van der Waals surface area contributed by atoms with Crippen LogP contribution in [0.4, 0.5) is 0 Å². The van der Waals surface area contributed by atoms with Gasteiger partial charge in [-0.25, -0.2) is 13.2 Å². The van der Waals surface area contributed by atoms with Crippen LogP contribution >= 0.6 is 11.6 Å². The largest absolute Gasteiger partial charge is 0.488 e. The van der Waals surface area contributed by atoms with Gasteiger partial charge in [0.25, 0.3) is 0 Å². The van der Waals surface area contributed by atoms with Crippen molar-refractivity contribution in [1.82, 2.24) is 5.32 Å². The van der Waals surface area contributed by atoms with Crippen LogP contribution in [0.5, 0.6) is 5.75 Å². The number of rotatable bonds is 6. The van der Waals surface area contributed by atoms with Crippen molar-refractivity contribution in [3.8, 4) is 5.75 Å². The van der Waals surface area contributed by atoms with Gasteiger partial charge in [-0.15, -0.1) is 0 Å². The van der Waals surface area contributed by atoms with Crippen LogP contribution in [0.25, 0.3) is 11.0 Å². The van der Waals surface area contributed by atoms with Crippen molar-refractivity contribution in [2.45, 2.75) is 32.4 Å². The van der Waals surface area contributed by atoms with Gasteiger partial charge < -0.3 is 19.6 Å². The summed E-state index contributed by atoms with van der Waals surface area (Å²) in [5.41, 5.74) is 1.01. The first-order valence-corrected chi connectivity index (χ1v) is 11.4. The Morgan fingerprint density at radius 1 is 1.40 bits per heavy atom. The Labute approximate surface area is 178 Å². The molecule has 0 spiro atoms. The summed E-state index contributed by atoms with van der Waals surface area (Å²) < 4.78 is 34.1. The molecule has 1 amide bonds. The molecule has 2 heterocycles. The zero-order valence-electron chi connectivity index (χ0n) is 16.5. The number of hydrogen-bond donors (Lipinski definition) is 2. The molecule has 0 bridgehead atoms. The fourth-order valence-electron chi connectivity index (χ4n) is 3.29. The van der Waals surface area contributed by atoms with E-state index in [0.29, 0.717) is 21.7 Å². The number of aliphatic hydroxyl groups is 1. The van der Waals surface area contributed by atoms with Gasteiger partial charge in [0.1, 0.15) is 17.9 Å². The second-order valence-electron chi connectivity index (χ2n) is 7.51. The third kappa shape index (κ3) is 4.85. The molecular formula is C20H22ClNO7S. The van der Waals surface area contributed by atoms with Gasteiger partial charge in [-0.1, -0.05) is 18.2 Å². The monoisotopic (exact) mass is 455 g/mol. The second kappa shape index (κ2) is 8.41. The minimum atomic E-state index is -3.40. The smallest absolute Gasteiger partial charge is 0.340 e. The lowest BCUT2D eigenvalue weighted by Crippen LogP contribution is -2.43. The summed E-state index contributed by atoms with van der Waals surface area (Å²) in [6, 6.07) is 2.20. The van der Waals surface area contributed by atoms with E-state index in [0.717, 1.165) is 5.57 Å². The number of nitrogens with one attached hydrogen (secondary N) is 1.